The van der Waals surface area contributed by atoms with Gasteiger partial charge in [0, 0.05) is 5.69 Å². The minimum atomic E-state index is -0.198. The Morgan fingerprint density at radius 3 is 2.29 bits per heavy atom. The van der Waals surface area contributed by atoms with Crippen LogP contribution in [0.15, 0.2) is 41.8 Å². The average molecular weight is 405 g/mol. The van der Waals surface area contributed by atoms with Gasteiger partial charge in [0.25, 0.3) is 5.91 Å². The van der Waals surface area contributed by atoms with E-state index >= 15 is 0 Å². The fraction of sp³-hybridized carbons (Fsp3) is 0.476. The van der Waals surface area contributed by atoms with Crippen LogP contribution in [0.1, 0.15) is 4.88 Å². The Hall–Kier alpha value is -1.96. The smallest absolute Gasteiger partial charge is 0.278 e. The average Bonchev–Trinajstić information content (AvgIpc) is 3.23. The number of thiophene rings is 1. The third kappa shape index (κ3) is 4.90. The zero-order chi connectivity index (χ0) is 19.3. The quantitative estimate of drug-likeness (QED) is 0.706. The molecule has 2 aliphatic rings. The molecular formula is C21H29FN4OS+2. The van der Waals surface area contributed by atoms with Crippen molar-refractivity contribution in [1.29, 1.82) is 0 Å². The number of halogens is 1. The molecule has 2 fully saturated rings. The van der Waals surface area contributed by atoms with Gasteiger partial charge in [-0.05, 0) is 35.7 Å². The zero-order valence-corrected chi connectivity index (χ0v) is 17.0. The van der Waals surface area contributed by atoms with E-state index in [0.29, 0.717) is 12.5 Å². The summed E-state index contributed by atoms with van der Waals surface area (Å²) in [5, 5.41) is 2.13. The molecule has 5 nitrogen and oxygen atoms in total. The second kappa shape index (κ2) is 9.03. The largest absolute Gasteiger partial charge is 0.360 e. The molecule has 0 spiro atoms. The maximum absolute atomic E-state index is 13.1. The maximum Gasteiger partial charge on any atom is 0.278 e. The van der Waals surface area contributed by atoms with Crippen LogP contribution in [0.3, 0.4) is 0 Å². The third-order valence-corrected chi connectivity index (χ3v) is 6.77. The molecular weight excluding hydrogens is 375 g/mol. The third-order valence-electron chi connectivity index (χ3n) is 5.89. The SMILES string of the molecule is O=C(C[NH+]1CCN(c2ccc(F)cc2)CC1)N1CC[NH+](Cc2cccs2)CC1. The first-order valence-electron chi connectivity index (χ1n) is 10.2. The van der Waals surface area contributed by atoms with Gasteiger partial charge in [-0.15, -0.1) is 11.3 Å². The molecule has 0 atom stereocenters. The van der Waals surface area contributed by atoms with E-state index in [9.17, 15) is 9.18 Å². The van der Waals surface area contributed by atoms with E-state index in [-0.39, 0.29) is 5.82 Å². The van der Waals surface area contributed by atoms with E-state index in [2.05, 4.69) is 27.3 Å². The number of rotatable bonds is 5. The number of hydrogen-bond acceptors (Lipinski definition) is 3. The van der Waals surface area contributed by atoms with E-state index < -0.39 is 0 Å². The minimum Gasteiger partial charge on any atom is -0.360 e. The van der Waals surface area contributed by atoms with Crippen molar-refractivity contribution < 1.29 is 19.0 Å². The van der Waals surface area contributed by atoms with E-state index in [1.807, 2.05) is 23.5 Å². The van der Waals surface area contributed by atoms with E-state index in [1.54, 1.807) is 4.90 Å². The summed E-state index contributed by atoms with van der Waals surface area (Å²) in [5.41, 5.74) is 1.07. The fourth-order valence-corrected chi connectivity index (χ4v) is 4.92. The van der Waals surface area contributed by atoms with Crippen molar-refractivity contribution >= 4 is 22.9 Å². The van der Waals surface area contributed by atoms with E-state index in [1.165, 1.54) is 21.9 Å². The van der Waals surface area contributed by atoms with Crippen molar-refractivity contribution in [3.63, 3.8) is 0 Å². The van der Waals surface area contributed by atoms with Crippen LogP contribution in [0.2, 0.25) is 0 Å². The van der Waals surface area contributed by atoms with Gasteiger partial charge in [0.15, 0.2) is 6.54 Å². The molecule has 7 heteroatoms. The highest BCUT2D eigenvalue weighted by molar-refractivity contribution is 7.09. The van der Waals surface area contributed by atoms with Crippen molar-refractivity contribution in [3.05, 3.63) is 52.5 Å². The standard InChI is InChI=1S/C21H27FN4OS/c22-18-3-5-19(6-4-18)25-11-7-24(8-12-25)17-21(27)26-13-9-23(10-14-26)16-20-2-1-15-28-20/h1-6,15H,7-14,16-17H2/p+2. The molecule has 0 aliphatic carbocycles. The molecule has 2 saturated heterocycles. The Kier molecular flexibility index (Phi) is 6.24. The summed E-state index contributed by atoms with van der Waals surface area (Å²) in [6, 6.07) is 11.0. The van der Waals surface area contributed by atoms with Crippen LogP contribution < -0.4 is 14.7 Å². The molecule has 1 aromatic heterocycles. The summed E-state index contributed by atoms with van der Waals surface area (Å²) in [4.78, 5) is 21.4. The molecule has 1 amide bonds. The lowest BCUT2D eigenvalue weighted by atomic mass is 10.2. The number of anilines is 1. The van der Waals surface area contributed by atoms with Gasteiger partial charge in [-0.2, -0.15) is 0 Å². The fourth-order valence-electron chi connectivity index (χ4n) is 4.14. The van der Waals surface area contributed by atoms with Crippen LogP contribution >= 0.6 is 11.3 Å². The number of carbonyl (C=O) groups is 1. The lowest BCUT2D eigenvalue weighted by molar-refractivity contribution is -0.917. The predicted molar refractivity (Wildman–Crippen MR) is 109 cm³/mol. The van der Waals surface area contributed by atoms with Gasteiger partial charge in [-0.3, -0.25) is 4.79 Å². The predicted octanol–water partition coefficient (Wildman–Crippen LogP) is -0.481. The zero-order valence-electron chi connectivity index (χ0n) is 16.2. The van der Waals surface area contributed by atoms with Crippen LogP contribution in [0, 0.1) is 5.82 Å². The van der Waals surface area contributed by atoms with Crippen molar-refractivity contribution in [2.45, 2.75) is 6.54 Å². The second-order valence-corrected chi connectivity index (χ2v) is 8.81. The first-order chi connectivity index (χ1) is 13.7. The molecule has 0 bridgehead atoms. The molecule has 0 unspecified atom stereocenters. The Morgan fingerprint density at radius 1 is 0.964 bits per heavy atom. The lowest BCUT2D eigenvalue weighted by Crippen LogP contribution is -3.16. The number of quaternary nitrogens is 2. The normalized spacial score (nSPS) is 19.2. The van der Waals surface area contributed by atoms with Crippen LogP contribution in [0.5, 0.6) is 0 Å². The summed E-state index contributed by atoms with van der Waals surface area (Å²) in [6.07, 6.45) is 0. The summed E-state index contributed by atoms with van der Waals surface area (Å²) in [5.74, 6) is 0.0938. The van der Waals surface area contributed by atoms with Crippen molar-refractivity contribution in [1.82, 2.24) is 4.90 Å². The summed E-state index contributed by atoms with van der Waals surface area (Å²) >= 11 is 1.82. The second-order valence-electron chi connectivity index (χ2n) is 7.78. The Morgan fingerprint density at radius 2 is 1.64 bits per heavy atom. The number of carbonyl (C=O) groups excluding carboxylic acids is 1. The molecule has 1 aromatic carbocycles. The summed E-state index contributed by atoms with van der Waals surface area (Å²) in [7, 11) is 0. The number of nitrogens with one attached hydrogen (secondary N) is 2. The first-order valence-corrected chi connectivity index (χ1v) is 11.0. The Labute approximate surface area is 169 Å². The van der Waals surface area contributed by atoms with E-state index in [4.69, 9.17) is 0 Å². The molecule has 2 aromatic rings. The minimum absolute atomic E-state index is 0.198. The monoisotopic (exact) mass is 404 g/mol. The highest BCUT2D eigenvalue weighted by Crippen LogP contribution is 2.14. The van der Waals surface area contributed by atoms with Gasteiger partial charge in [0.1, 0.15) is 12.4 Å². The Bertz CT molecular complexity index is 751. The summed E-state index contributed by atoms with van der Waals surface area (Å²) < 4.78 is 13.1. The molecule has 0 radical (unpaired) electrons. The Balaban J connectivity index is 1.19. The van der Waals surface area contributed by atoms with Crippen LogP contribution in [0.4, 0.5) is 10.1 Å². The molecule has 4 rings (SSSR count). The lowest BCUT2D eigenvalue weighted by Gasteiger charge is -2.35. The van der Waals surface area contributed by atoms with Gasteiger partial charge in [0.2, 0.25) is 0 Å². The topological polar surface area (TPSA) is 32.4 Å². The summed E-state index contributed by atoms with van der Waals surface area (Å²) in [6.45, 7) is 9.21. The van der Waals surface area contributed by atoms with Gasteiger partial charge in [-0.25, -0.2) is 4.39 Å². The van der Waals surface area contributed by atoms with Gasteiger partial charge in [0.05, 0.1) is 57.2 Å². The first kappa shape index (κ1) is 19.4. The van der Waals surface area contributed by atoms with Crippen molar-refractivity contribution in [2.75, 3.05) is 63.8 Å². The van der Waals surface area contributed by atoms with Crippen LogP contribution in [0.25, 0.3) is 0 Å². The molecule has 28 heavy (non-hydrogen) atoms. The van der Waals surface area contributed by atoms with Crippen molar-refractivity contribution in [3.8, 4) is 0 Å². The number of hydrogen-bond donors (Lipinski definition) is 2. The van der Waals surface area contributed by atoms with Crippen molar-refractivity contribution in [2.24, 2.45) is 0 Å². The molecule has 3 heterocycles. The number of amides is 1. The van der Waals surface area contributed by atoms with Gasteiger partial charge in [-0.1, -0.05) is 6.07 Å². The molecule has 2 N–H and O–H groups in total. The van der Waals surface area contributed by atoms with Gasteiger partial charge < -0.3 is 19.6 Å². The van der Waals surface area contributed by atoms with Gasteiger partial charge >= 0.3 is 0 Å². The highest BCUT2D eigenvalue weighted by atomic mass is 32.1. The number of benzene rings is 1. The van der Waals surface area contributed by atoms with Crippen LogP contribution in [-0.4, -0.2) is 69.7 Å². The number of nitrogens with zero attached hydrogens (tertiary/aromatic N) is 2. The molecule has 0 saturated carbocycles. The highest BCUT2D eigenvalue weighted by Gasteiger charge is 2.28. The molecule has 150 valence electrons. The van der Waals surface area contributed by atoms with E-state index in [0.717, 1.165) is 64.6 Å². The maximum atomic E-state index is 13.1. The molecule has 2 aliphatic heterocycles. The van der Waals surface area contributed by atoms with Crippen LogP contribution in [-0.2, 0) is 11.3 Å². The number of piperazine rings is 2.